The van der Waals surface area contributed by atoms with E-state index in [0.29, 0.717) is 6.61 Å². The molecule has 0 aromatic carbocycles. The van der Waals surface area contributed by atoms with E-state index in [9.17, 15) is 4.79 Å². The van der Waals surface area contributed by atoms with Crippen molar-refractivity contribution in [3.63, 3.8) is 0 Å². The van der Waals surface area contributed by atoms with Gasteiger partial charge in [-0.25, -0.2) is 4.98 Å². The van der Waals surface area contributed by atoms with Crippen LogP contribution in [0.5, 0.6) is 5.88 Å². The average Bonchev–Trinajstić information content (AvgIpc) is 2.27. The Morgan fingerprint density at radius 2 is 2.20 bits per heavy atom. The number of aromatic amines is 1. The van der Waals surface area contributed by atoms with E-state index < -0.39 is 0 Å². The van der Waals surface area contributed by atoms with Gasteiger partial charge in [-0.2, -0.15) is 0 Å². The van der Waals surface area contributed by atoms with Crippen LogP contribution in [0.3, 0.4) is 0 Å². The third kappa shape index (κ3) is 3.71. The van der Waals surface area contributed by atoms with Gasteiger partial charge < -0.3 is 14.6 Å². The number of nitrogens with zero attached hydrogens (tertiary/aromatic N) is 2. The van der Waals surface area contributed by atoms with E-state index in [1.807, 2.05) is 0 Å². The van der Waals surface area contributed by atoms with Crippen molar-refractivity contribution in [3.05, 3.63) is 22.7 Å². The maximum absolute atomic E-state index is 11.2. The Balaban J connectivity index is 2.38. The van der Waals surface area contributed by atoms with E-state index in [-0.39, 0.29) is 11.4 Å². The molecule has 1 N–H and O–H groups in total. The molecule has 84 valence electrons. The van der Waals surface area contributed by atoms with Crippen LogP contribution in [0.1, 0.15) is 13.8 Å². The molecule has 0 unspecified atom stereocenters. The summed E-state index contributed by atoms with van der Waals surface area (Å²) in [7, 11) is 0. The van der Waals surface area contributed by atoms with Crippen LogP contribution in [0.25, 0.3) is 0 Å². The lowest BCUT2D eigenvalue weighted by Crippen LogP contribution is -2.28. The molecule has 1 heterocycles. The molecule has 0 aliphatic rings. The van der Waals surface area contributed by atoms with Crippen LogP contribution in [0.4, 0.5) is 0 Å². The number of hydrogen-bond donors (Lipinski definition) is 1. The molecular weight excluding hydrogens is 194 g/mol. The number of aromatic nitrogens is 2. The summed E-state index contributed by atoms with van der Waals surface area (Å²) >= 11 is 0. The number of H-pyrrole nitrogens is 1. The molecular formula is C10H17N3O2. The summed E-state index contributed by atoms with van der Waals surface area (Å²) < 4.78 is 5.27. The van der Waals surface area contributed by atoms with Gasteiger partial charge in [-0.1, -0.05) is 13.8 Å². The first-order valence-electron chi connectivity index (χ1n) is 5.16. The monoisotopic (exact) mass is 211 g/mol. The third-order valence-electron chi connectivity index (χ3n) is 2.22. The van der Waals surface area contributed by atoms with Crippen LogP contribution in [0.15, 0.2) is 17.2 Å². The maximum atomic E-state index is 11.2. The van der Waals surface area contributed by atoms with Crippen molar-refractivity contribution < 1.29 is 4.74 Å². The topological polar surface area (TPSA) is 58.2 Å². The van der Waals surface area contributed by atoms with Crippen molar-refractivity contribution >= 4 is 0 Å². The zero-order chi connectivity index (χ0) is 11.1. The van der Waals surface area contributed by atoms with Crippen LogP contribution in [0.2, 0.25) is 0 Å². The smallest absolute Gasteiger partial charge is 0.310 e. The van der Waals surface area contributed by atoms with Crippen LogP contribution in [0, 0.1) is 0 Å². The summed E-state index contributed by atoms with van der Waals surface area (Å²) in [5, 5.41) is 0. The van der Waals surface area contributed by atoms with Gasteiger partial charge in [0.1, 0.15) is 6.61 Å². The van der Waals surface area contributed by atoms with Crippen LogP contribution >= 0.6 is 0 Å². The predicted octanol–water partition coefficient (Wildman–Crippen LogP) is 0.490. The second-order valence-corrected chi connectivity index (χ2v) is 3.10. The molecule has 0 amide bonds. The van der Waals surface area contributed by atoms with E-state index in [0.717, 1.165) is 19.6 Å². The number of rotatable bonds is 6. The minimum absolute atomic E-state index is 0.143. The molecule has 15 heavy (non-hydrogen) atoms. The average molecular weight is 211 g/mol. The molecule has 0 radical (unpaired) electrons. The highest BCUT2D eigenvalue weighted by Gasteiger charge is 2.02. The normalized spacial score (nSPS) is 10.6. The van der Waals surface area contributed by atoms with E-state index in [4.69, 9.17) is 4.74 Å². The molecule has 0 bridgehead atoms. The highest BCUT2D eigenvalue weighted by molar-refractivity contribution is 5.01. The molecule has 0 fully saturated rings. The van der Waals surface area contributed by atoms with E-state index in [2.05, 4.69) is 28.7 Å². The zero-order valence-corrected chi connectivity index (χ0v) is 9.19. The number of likely N-dealkylation sites (N-methyl/N-ethyl adjacent to an activating group) is 1. The summed E-state index contributed by atoms with van der Waals surface area (Å²) in [6.07, 6.45) is 2.99. The van der Waals surface area contributed by atoms with Crippen molar-refractivity contribution in [2.45, 2.75) is 13.8 Å². The van der Waals surface area contributed by atoms with Gasteiger partial charge in [0.15, 0.2) is 0 Å². The first-order chi connectivity index (χ1) is 7.27. The molecule has 0 spiro atoms. The van der Waals surface area contributed by atoms with Gasteiger partial charge >= 0.3 is 5.56 Å². The molecule has 0 atom stereocenters. The van der Waals surface area contributed by atoms with Gasteiger partial charge in [0, 0.05) is 18.9 Å². The lowest BCUT2D eigenvalue weighted by molar-refractivity contribution is 0.216. The summed E-state index contributed by atoms with van der Waals surface area (Å²) in [4.78, 5) is 19.7. The molecule has 1 aromatic heterocycles. The SMILES string of the molecule is CCN(CC)CCOc1ncc[nH]c1=O. The Bertz CT molecular complexity index is 333. The van der Waals surface area contributed by atoms with Crippen molar-refractivity contribution in [2.75, 3.05) is 26.2 Å². The summed E-state index contributed by atoms with van der Waals surface area (Å²) in [6.45, 7) is 7.45. The highest BCUT2D eigenvalue weighted by atomic mass is 16.5. The fraction of sp³-hybridized carbons (Fsp3) is 0.600. The molecule has 0 aliphatic heterocycles. The summed E-state index contributed by atoms with van der Waals surface area (Å²) in [5.74, 6) is 0.143. The van der Waals surface area contributed by atoms with E-state index >= 15 is 0 Å². The Kier molecular flexibility index (Phi) is 4.83. The number of ether oxygens (including phenoxy) is 1. The Morgan fingerprint density at radius 1 is 1.47 bits per heavy atom. The standard InChI is InChI=1S/C10H17N3O2/c1-3-13(4-2)7-8-15-10-9(14)11-5-6-12-10/h5-6H,3-4,7-8H2,1-2H3,(H,11,14). The first-order valence-corrected chi connectivity index (χ1v) is 5.16. The van der Waals surface area contributed by atoms with Gasteiger partial charge in [0.05, 0.1) is 0 Å². The van der Waals surface area contributed by atoms with Gasteiger partial charge in [0.25, 0.3) is 5.88 Å². The van der Waals surface area contributed by atoms with Crippen molar-refractivity contribution in [1.82, 2.24) is 14.9 Å². The molecule has 0 saturated heterocycles. The molecule has 5 heteroatoms. The third-order valence-corrected chi connectivity index (χ3v) is 2.22. The largest absolute Gasteiger partial charge is 0.472 e. The number of nitrogens with one attached hydrogen (secondary N) is 1. The van der Waals surface area contributed by atoms with Crippen LogP contribution in [-0.2, 0) is 0 Å². The highest BCUT2D eigenvalue weighted by Crippen LogP contribution is 1.94. The quantitative estimate of drug-likeness (QED) is 0.744. The second-order valence-electron chi connectivity index (χ2n) is 3.10. The van der Waals surface area contributed by atoms with Gasteiger partial charge in [-0.05, 0) is 13.1 Å². The van der Waals surface area contributed by atoms with E-state index in [1.54, 1.807) is 0 Å². The summed E-state index contributed by atoms with van der Waals surface area (Å²) in [6, 6.07) is 0. The van der Waals surface area contributed by atoms with Crippen molar-refractivity contribution in [1.29, 1.82) is 0 Å². The summed E-state index contributed by atoms with van der Waals surface area (Å²) in [5.41, 5.74) is -0.281. The fourth-order valence-corrected chi connectivity index (χ4v) is 1.25. The fourth-order valence-electron chi connectivity index (χ4n) is 1.25. The minimum Gasteiger partial charge on any atom is -0.472 e. The van der Waals surface area contributed by atoms with Crippen molar-refractivity contribution in [3.8, 4) is 5.88 Å². The van der Waals surface area contributed by atoms with Gasteiger partial charge in [0.2, 0.25) is 0 Å². The van der Waals surface area contributed by atoms with Gasteiger partial charge in [-0.3, -0.25) is 4.79 Å². The Morgan fingerprint density at radius 3 is 2.80 bits per heavy atom. The zero-order valence-electron chi connectivity index (χ0n) is 9.19. The molecule has 0 aliphatic carbocycles. The van der Waals surface area contributed by atoms with E-state index in [1.165, 1.54) is 12.4 Å². The van der Waals surface area contributed by atoms with Crippen molar-refractivity contribution in [2.24, 2.45) is 0 Å². The molecule has 1 aromatic rings. The molecule has 0 saturated carbocycles. The predicted molar refractivity (Wildman–Crippen MR) is 58.1 cm³/mol. The maximum Gasteiger partial charge on any atom is 0.310 e. The molecule has 5 nitrogen and oxygen atoms in total. The number of hydrogen-bond acceptors (Lipinski definition) is 4. The van der Waals surface area contributed by atoms with Gasteiger partial charge in [-0.15, -0.1) is 0 Å². The lowest BCUT2D eigenvalue weighted by atomic mass is 10.5. The molecule has 1 rings (SSSR count). The first kappa shape index (κ1) is 11.7. The lowest BCUT2D eigenvalue weighted by Gasteiger charge is -2.17. The van der Waals surface area contributed by atoms with Crippen LogP contribution < -0.4 is 10.3 Å². The Labute approximate surface area is 89.1 Å². The van der Waals surface area contributed by atoms with Crippen LogP contribution in [-0.4, -0.2) is 41.1 Å². The minimum atomic E-state index is -0.281. The Hall–Kier alpha value is -1.36. The second kappa shape index (κ2) is 6.19.